The van der Waals surface area contributed by atoms with Crippen molar-refractivity contribution in [3.63, 3.8) is 0 Å². The van der Waals surface area contributed by atoms with Crippen LogP contribution in [-0.2, 0) is 9.59 Å². The standard InChI is InChI=1S/C19H18N2O4S/c1-3-10-24-14-8-5-13(6-9-14)21-18(23)16(17(22)20-19(21)26)11-15-7-4-12(2)25-15/h4-9,11H,3,10H2,1-2H3,(H,20,22,26). The molecule has 0 atom stereocenters. The third-order valence-electron chi connectivity index (χ3n) is 3.72. The molecule has 7 heteroatoms. The van der Waals surface area contributed by atoms with Crippen molar-refractivity contribution in [2.45, 2.75) is 20.3 Å². The van der Waals surface area contributed by atoms with Gasteiger partial charge in [-0.15, -0.1) is 0 Å². The number of nitrogens with one attached hydrogen (secondary N) is 1. The molecule has 134 valence electrons. The van der Waals surface area contributed by atoms with E-state index in [9.17, 15) is 9.59 Å². The first kappa shape index (κ1) is 17.9. The van der Waals surface area contributed by atoms with E-state index in [2.05, 4.69) is 5.32 Å². The van der Waals surface area contributed by atoms with Crippen LogP contribution in [0.4, 0.5) is 5.69 Å². The molecule has 6 nitrogen and oxygen atoms in total. The smallest absolute Gasteiger partial charge is 0.270 e. The summed E-state index contributed by atoms with van der Waals surface area (Å²) in [5, 5.41) is 2.58. The molecule has 1 fully saturated rings. The molecule has 0 saturated carbocycles. The second-order valence-electron chi connectivity index (χ2n) is 5.75. The van der Waals surface area contributed by atoms with Gasteiger partial charge in [0.2, 0.25) is 0 Å². The zero-order valence-corrected chi connectivity index (χ0v) is 15.3. The fourth-order valence-electron chi connectivity index (χ4n) is 2.48. The Labute approximate surface area is 156 Å². The lowest BCUT2D eigenvalue weighted by Crippen LogP contribution is -2.54. The lowest BCUT2D eigenvalue weighted by atomic mass is 10.1. The van der Waals surface area contributed by atoms with Crippen LogP contribution >= 0.6 is 12.2 Å². The van der Waals surface area contributed by atoms with Crippen LogP contribution in [0.15, 0.2) is 46.4 Å². The molecule has 2 amide bonds. The molecule has 1 aliphatic rings. The lowest BCUT2D eigenvalue weighted by molar-refractivity contribution is -0.122. The van der Waals surface area contributed by atoms with Gasteiger partial charge in [0, 0.05) is 0 Å². The Bertz CT molecular complexity index is 883. The van der Waals surface area contributed by atoms with Crippen molar-refractivity contribution in [1.82, 2.24) is 5.32 Å². The molecule has 2 heterocycles. The summed E-state index contributed by atoms with van der Waals surface area (Å²) in [6.07, 6.45) is 2.32. The molecule has 1 aliphatic heterocycles. The van der Waals surface area contributed by atoms with E-state index < -0.39 is 11.8 Å². The topological polar surface area (TPSA) is 71.8 Å². The normalized spacial score (nSPS) is 16.2. The summed E-state index contributed by atoms with van der Waals surface area (Å²) in [6, 6.07) is 10.4. The number of anilines is 1. The first-order valence-electron chi connectivity index (χ1n) is 8.20. The molecule has 0 radical (unpaired) electrons. The van der Waals surface area contributed by atoms with Crippen LogP contribution < -0.4 is 15.0 Å². The highest BCUT2D eigenvalue weighted by Gasteiger charge is 2.34. The van der Waals surface area contributed by atoms with Crippen LogP contribution in [0.3, 0.4) is 0 Å². The zero-order chi connectivity index (χ0) is 18.7. The molecule has 3 rings (SSSR count). The Morgan fingerprint density at radius 3 is 2.54 bits per heavy atom. The number of aryl methyl sites for hydroxylation is 1. The molecular formula is C19H18N2O4S. The number of benzene rings is 1. The molecule has 1 N–H and O–H groups in total. The van der Waals surface area contributed by atoms with Gasteiger partial charge in [0.05, 0.1) is 12.3 Å². The lowest BCUT2D eigenvalue weighted by Gasteiger charge is -2.28. The Kier molecular flexibility index (Phi) is 5.18. The van der Waals surface area contributed by atoms with Crippen molar-refractivity contribution in [3.8, 4) is 5.75 Å². The minimum atomic E-state index is -0.548. The average molecular weight is 370 g/mol. The highest BCUT2D eigenvalue weighted by atomic mass is 32.1. The number of hydrogen-bond donors (Lipinski definition) is 1. The molecular weight excluding hydrogens is 352 g/mol. The summed E-state index contributed by atoms with van der Waals surface area (Å²) >= 11 is 5.18. The summed E-state index contributed by atoms with van der Waals surface area (Å²) in [5.41, 5.74) is 0.504. The molecule has 1 aromatic carbocycles. The van der Waals surface area contributed by atoms with Gasteiger partial charge in [0.1, 0.15) is 22.8 Å². The molecule has 1 saturated heterocycles. The fourth-order valence-corrected chi connectivity index (χ4v) is 2.76. The second kappa shape index (κ2) is 7.53. The number of ether oxygens (including phenoxy) is 1. The monoisotopic (exact) mass is 370 g/mol. The van der Waals surface area contributed by atoms with E-state index in [-0.39, 0.29) is 10.7 Å². The summed E-state index contributed by atoms with van der Waals surface area (Å²) in [5.74, 6) is 0.771. The van der Waals surface area contributed by atoms with Crippen molar-refractivity contribution < 1.29 is 18.7 Å². The van der Waals surface area contributed by atoms with Crippen molar-refractivity contribution in [3.05, 3.63) is 53.5 Å². The van der Waals surface area contributed by atoms with Gasteiger partial charge < -0.3 is 9.15 Å². The predicted molar refractivity (Wildman–Crippen MR) is 102 cm³/mol. The summed E-state index contributed by atoms with van der Waals surface area (Å²) in [4.78, 5) is 26.3. The van der Waals surface area contributed by atoms with Gasteiger partial charge in [-0.05, 0) is 68.0 Å². The number of carbonyl (C=O) groups is 2. The van der Waals surface area contributed by atoms with Crippen molar-refractivity contribution in [1.29, 1.82) is 0 Å². The number of hydrogen-bond acceptors (Lipinski definition) is 5. The number of amides is 2. The second-order valence-corrected chi connectivity index (χ2v) is 6.14. The number of carbonyl (C=O) groups excluding carboxylic acids is 2. The summed E-state index contributed by atoms with van der Waals surface area (Å²) in [7, 11) is 0. The van der Waals surface area contributed by atoms with Gasteiger partial charge in [-0.3, -0.25) is 19.8 Å². The maximum Gasteiger partial charge on any atom is 0.270 e. The number of nitrogens with zero attached hydrogens (tertiary/aromatic N) is 1. The van der Waals surface area contributed by atoms with Crippen LogP contribution in [0.5, 0.6) is 5.75 Å². The largest absolute Gasteiger partial charge is 0.494 e. The van der Waals surface area contributed by atoms with Gasteiger partial charge in [-0.25, -0.2) is 0 Å². The maximum atomic E-state index is 12.9. The molecule has 1 aromatic heterocycles. The van der Waals surface area contributed by atoms with Crippen LogP contribution in [0, 0.1) is 6.92 Å². The van der Waals surface area contributed by atoms with Crippen molar-refractivity contribution in [2.24, 2.45) is 0 Å². The van der Waals surface area contributed by atoms with E-state index in [1.54, 1.807) is 43.3 Å². The van der Waals surface area contributed by atoms with E-state index in [4.69, 9.17) is 21.4 Å². The number of rotatable bonds is 5. The minimum Gasteiger partial charge on any atom is -0.494 e. The maximum absolute atomic E-state index is 12.9. The van der Waals surface area contributed by atoms with Gasteiger partial charge in [0.15, 0.2) is 5.11 Å². The molecule has 0 unspecified atom stereocenters. The minimum absolute atomic E-state index is 0.0370. The fraction of sp³-hybridized carbons (Fsp3) is 0.211. The third kappa shape index (κ3) is 3.67. The number of furan rings is 1. The van der Waals surface area contributed by atoms with Gasteiger partial charge in [0.25, 0.3) is 11.8 Å². The van der Waals surface area contributed by atoms with E-state index in [0.29, 0.717) is 29.6 Å². The van der Waals surface area contributed by atoms with Crippen LogP contribution in [0.25, 0.3) is 6.08 Å². The average Bonchev–Trinajstić information content (AvgIpc) is 3.03. The Balaban J connectivity index is 1.89. The highest BCUT2D eigenvalue weighted by Crippen LogP contribution is 2.24. The third-order valence-corrected chi connectivity index (χ3v) is 4.00. The van der Waals surface area contributed by atoms with Gasteiger partial charge in [-0.2, -0.15) is 0 Å². The Morgan fingerprint density at radius 1 is 1.19 bits per heavy atom. The summed E-state index contributed by atoms with van der Waals surface area (Å²) in [6.45, 7) is 4.43. The molecule has 26 heavy (non-hydrogen) atoms. The Morgan fingerprint density at radius 2 is 1.92 bits per heavy atom. The Hall–Kier alpha value is -2.93. The van der Waals surface area contributed by atoms with Crippen molar-refractivity contribution in [2.75, 3.05) is 11.5 Å². The first-order valence-corrected chi connectivity index (χ1v) is 8.61. The van der Waals surface area contributed by atoms with Gasteiger partial charge in [-0.1, -0.05) is 6.92 Å². The molecule has 0 spiro atoms. The van der Waals surface area contributed by atoms with Crippen LogP contribution in [-0.4, -0.2) is 23.5 Å². The molecule has 2 aromatic rings. The van der Waals surface area contributed by atoms with Crippen LogP contribution in [0.1, 0.15) is 24.9 Å². The first-order chi connectivity index (χ1) is 12.5. The van der Waals surface area contributed by atoms with E-state index in [1.165, 1.54) is 11.0 Å². The number of thiocarbonyl (C=S) groups is 1. The highest BCUT2D eigenvalue weighted by molar-refractivity contribution is 7.80. The quantitative estimate of drug-likeness (QED) is 0.497. The van der Waals surface area contributed by atoms with E-state index >= 15 is 0 Å². The zero-order valence-electron chi connectivity index (χ0n) is 14.4. The summed E-state index contributed by atoms with van der Waals surface area (Å²) < 4.78 is 11.0. The molecule has 0 bridgehead atoms. The van der Waals surface area contributed by atoms with E-state index in [0.717, 1.165) is 6.42 Å². The van der Waals surface area contributed by atoms with E-state index in [1.807, 2.05) is 6.92 Å². The van der Waals surface area contributed by atoms with Crippen molar-refractivity contribution >= 4 is 40.9 Å². The van der Waals surface area contributed by atoms with Crippen LogP contribution in [0.2, 0.25) is 0 Å². The van der Waals surface area contributed by atoms with Gasteiger partial charge >= 0.3 is 0 Å². The SMILES string of the molecule is CCCOc1ccc(N2C(=O)C(=Cc3ccc(C)o3)C(=O)NC2=S)cc1. The molecule has 0 aliphatic carbocycles. The predicted octanol–water partition coefficient (Wildman–Crippen LogP) is 3.21.